The molecule has 2 rings (SSSR count). The predicted octanol–water partition coefficient (Wildman–Crippen LogP) is 2.65. The fourth-order valence-corrected chi connectivity index (χ4v) is 2.57. The first-order chi connectivity index (χ1) is 12.4. The van der Waals surface area contributed by atoms with Crippen LogP contribution in [0.5, 0.6) is 0 Å². The van der Waals surface area contributed by atoms with E-state index in [-0.39, 0.29) is 24.8 Å². The molecule has 7 nitrogen and oxygen atoms in total. The minimum absolute atomic E-state index is 0.0614. The van der Waals surface area contributed by atoms with Crippen LogP contribution in [0.15, 0.2) is 28.8 Å². The number of hydrogen-bond donors (Lipinski definition) is 0. The molecule has 0 saturated carbocycles. The largest absolute Gasteiger partial charge is 0.342 e. The van der Waals surface area contributed by atoms with Gasteiger partial charge in [0.1, 0.15) is 0 Å². The van der Waals surface area contributed by atoms with Gasteiger partial charge in [0, 0.05) is 43.6 Å². The first-order valence-electron chi connectivity index (χ1n) is 8.54. The average molecular weight is 379 g/mol. The summed E-state index contributed by atoms with van der Waals surface area (Å²) in [5.74, 6) is 0.631. The smallest absolute Gasteiger partial charge is 0.242 e. The first-order valence-corrected chi connectivity index (χ1v) is 8.92. The minimum Gasteiger partial charge on any atom is -0.342 e. The third-order valence-electron chi connectivity index (χ3n) is 4.04. The molecule has 0 N–H and O–H groups in total. The van der Waals surface area contributed by atoms with Gasteiger partial charge in [-0.25, -0.2) is 0 Å². The van der Waals surface area contributed by atoms with Crippen LogP contribution in [0.25, 0.3) is 11.4 Å². The Bertz CT molecular complexity index is 741. The summed E-state index contributed by atoms with van der Waals surface area (Å²) in [7, 11) is 1.62. The van der Waals surface area contributed by atoms with Crippen LogP contribution in [-0.2, 0) is 16.0 Å². The average Bonchev–Trinajstić information content (AvgIpc) is 3.10. The molecule has 140 valence electrons. The van der Waals surface area contributed by atoms with Crippen LogP contribution in [0.4, 0.5) is 0 Å². The zero-order valence-corrected chi connectivity index (χ0v) is 16.0. The van der Waals surface area contributed by atoms with Gasteiger partial charge in [-0.2, -0.15) is 4.98 Å². The molecule has 0 fully saturated rings. The highest BCUT2D eigenvalue weighted by Crippen LogP contribution is 2.19. The second-order valence-electron chi connectivity index (χ2n) is 5.83. The molecular weight excluding hydrogens is 356 g/mol. The van der Waals surface area contributed by atoms with E-state index in [1.165, 1.54) is 4.90 Å². The number of aryl methyl sites for hydroxylation is 1. The van der Waals surface area contributed by atoms with E-state index in [0.29, 0.717) is 36.2 Å². The highest BCUT2D eigenvalue weighted by atomic mass is 35.5. The zero-order chi connectivity index (χ0) is 19.1. The van der Waals surface area contributed by atoms with Gasteiger partial charge in [0.25, 0.3) is 0 Å². The number of aromatic nitrogens is 2. The Morgan fingerprint density at radius 2 is 1.77 bits per heavy atom. The lowest BCUT2D eigenvalue weighted by atomic mass is 10.2. The molecule has 2 aromatic rings. The van der Waals surface area contributed by atoms with Gasteiger partial charge in [-0.15, -0.1) is 0 Å². The molecule has 1 aromatic heterocycles. The number of benzene rings is 1. The summed E-state index contributed by atoms with van der Waals surface area (Å²) in [6, 6.07) is 7.10. The number of rotatable bonds is 8. The van der Waals surface area contributed by atoms with Crippen molar-refractivity contribution >= 4 is 23.4 Å². The number of carbonyl (C=O) groups excluding carboxylic acids is 2. The molecule has 0 bridgehead atoms. The standard InChI is InChI=1S/C18H23ClN4O3/c1-4-23(5-2)17(25)12-22(3)16(24)11-10-15-20-18(21-26-15)13-6-8-14(19)9-7-13/h6-9H,4-5,10-12H2,1-3H3. The Balaban J connectivity index is 1.87. The molecule has 0 spiro atoms. The molecule has 0 atom stereocenters. The van der Waals surface area contributed by atoms with Crippen molar-refractivity contribution in [2.24, 2.45) is 0 Å². The van der Waals surface area contributed by atoms with Gasteiger partial charge in [0.15, 0.2) is 0 Å². The quantitative estimate of drug-likeness (QED) is 0.705. The molecule has 8 heteroatoms. The van der Waals surface area contributed by atoms with Crippen LogP contribution in [0.3, 0.4) is 0 Å². The van der Waals surface area contributed by atoms with Crippen LogP contribution < -0.4 is 0 Å². The number of amides is 2. The summed E-state index contributed by atoms with van der Waals surface area (Å²) in [6.07, 6.45) is 0.521. The molecule has 0 unspecified atom stereocenters. The van der Waals surface area contributed by atoms with Crippen LogP contribution in [0.2, 0.25) is 5.02 Å². The second-order valence-corrected chi connectivity index (χ2v) is 6.27. The summed E-state index contributed by atoms with van der Waals surface area (Å²) in [5.41, 5.74) is 0.790. The maximum absolute atomic E-state index is 12.2. The van der Waals surface area contributed by atoms with Crippen molar-refractivity contribution in [3.8, 4) is 11.4 Å². The molecule has 1 aromatic carbocycles. The summed E-state index contributed by atoms with van der Waals surface area (Å²) in [6.45, 7) is 5.16. The van der Waals surface area contributed by atoms with E-state index in [9.17, 15) is 9.59 Å². The summed E-state index contributed by atoms with van der Waals surface area (Å²) in [5, 5.41) is 4.55. The Kier molecular flexibility index (Phi) is 7.15. The molecule has 0 saturated heterocycles. The van der Waals surface area contributed by atoms with Gasteiger partial charge < -0.3 is 14.3 Å². The molecule has 0 aliphatic rings. The monoisotopic (exact) mass is 378 g/mol. The predicted molar refractivity (Wildman–Crippen MR) is 98.6 cm³/mol. The fraction of sp³-hybridized carbons (Fsp3) is 0.444. The maximum Gasteiger partial charge on any atom is 0.242 e. The van der Waals surface area contributed by atoms with Crippen molar-refractivity contribution < 1.29 is 14.1 Å². The lowest BCUT2D eigenvalue weighted by molar-refractivity contribution is -0.139. The van der Waals surface area contributed by atoms with E-state index in [2.05, 4.69) is 10.1 Å². The summed E-state index contributed by atoms with van der Waals surface area (Å²) < 4.78 is 5.19. The third kappa shape index (κ3) is 5.29. The van der Waals surface area contributed by atoms with Gasteiger partial charge in [0.05, 0.1) is 6.54 Å². The number of nitrogens with zero attached hydrogens (tertiary/aromatic N) is 4. The van der Waals surface area contributed by atoms with Crippen LogP contribution in [0, 0.1) is 0 Å². The second kappa shape index (κ2) is 9.33. The Morgan fingerprint density at radius 1 is 1.12 bits per heavy atom. The van der Waals surface area contributed by atoms with E-state index < -0.39 is 0 Å². The topological polar surface area (TPSA) is 79.5 Å². The number of likely N-dealkylation sites (N-methyl/N-ethyl adjacent to an activating group) is 2. The van der Waals surface area contributed by atoms with Gasteiger partial charge in [0.2, 0.25) is 23.5 Å². The third-order valence-corrected chi connectivity index (χ3v) is 4.29. The number of carbonyl (C=O) groups is 2. The van der Waals surface area contributed by atoms with Gasteiger partial charge >= 0.3 is 0 Å². The van der Waals surface area contributed by atoms with Crippen molar-refractivity contribution in [3.63, 3.8) is 0 Å². The van der Waals surface area contributed by atoms with Crippen LogP contribution >= 0.6 is 11.6 Å². The highest BCUT2D eigenvalue weighted by molar-refractivity contribution is 6.30. The summed E-state index contributed by atoms with van der Waals surface area (Å²) in [4.78, 5) is 31.7. The van der Waals surface area contributed by atoms with E-state index in [0.717, 1.165) is 5.56 Å². The zero-order valence-electron chi connectivity index (χ0n) is 15.2. The van der Waals surface area contributed by atoms with Crippen molar-refractivity contribution in [2.75, 3.05) is 26.7 Å². The molecule has 0 radical (unpaired) electrons. The minimum atomic E-state index is -0.142. The lowest BCUT2D eigenvalue weighted by Gasteiger charge is -2.23. The molecule has 1 heterocycles. The number of hydrogen-bond acceptors (Lipinski definition) is 5. The maximum atomic E-state index is 12.2. The molecule has 0 aliphatic heterocycles. The van der Waals surface area contributed by atoms with E-state index in [1.54, 1.807) is 36.2 Å². The van der Waals surface area contributed by atoms with Gasteiger partial charge in [-0.05, 0) is 38.1 Å². The molecule has 0 aliphatic carbocycles. The SMILES string of the molecule is CCN(CC)C(=O)CN(C)C(=O)CCc1nc(-c2ccc(Cl)cc2)no1. The van der Waals surface area contributed by atoms with Crippen molar-refractivity contribution in [1.82, 2.24) is 19.9 Å². The van der Waals surface area contributed by atoms with E-state index in [4.69, 9.17) is 16.1 Å². The highest BCUT2D eigenvalue weighted by Gasteiger charge is 2.17. The summed E-state index contributed by atoms with van der Waals surface area (Å²) >= 11 is 5.86. The van der Waals surface area contributed by atoms with E-state index >= 15 is 0 Å². The first kappa shape index (κ1) is 19.9. The molecular formula is C18H23ClN4O3. The Morgan fingerprint density at radius 3 is 2.38 bits per heavy atom. The molecule has 2 amide bonds. The van der Waals surface area contributed by atoms with Crippen molar-refractivity contribution in [1.29, 1.82) is 0 Å². The fourth-order valence-electron chi connectivity index (χ4n) is 2.44. The van der Waals surface area contributed by atoms with Gasteiger partial charge in [-0.3, -0.25) is 9.59 Å². The Labute approximate surface area is 157 Å². The normalized spacial score (nSPS) is 10.6. The van der Waals surface area contributed by atoms with Crippen LogP contribution in [-0.4, -0.2) is 58.4 Å². The Hall–Kier alpha value is -2.41. The van der Waals surface area contributed by atoms with Crippen molar-refractivity contribution in [3.05, 3.63) is 35.2 Å². The lowest BCUT2D eigenvalue weighted by Crippen LogP contribution is -2.41. The van der Waals surface area contributed by atoms with Crippen molar-refractivity contribution in [2.45, 2.75) is 26.7 Å². The van der Waals surface area contributed by atoms with Crippen LogP contribution in [0.1, 0.15) is 26.2 Å². The van der Waals surface area contributed by atoms with Gasteiger partial charge in [-0.1, -0.05) is 16.8 Å². The molecule has 26 heavy (non-hydrogen) atoms. The van der Waals surface area contributed by atoms with E-state index in [1.807, 2.05) is 13.8 Å². The number of halogens is 1.